The van der Waals surface area contributed by atoms with E-state index in [1.807, 2.05) is 66.7 Å². The van der Waals surface area contributed by atoms with Crippen molar-refractivity contribution in [2.75, 3.05) is 19.7 Å². The molecule has 3 amide bonds. The van der Waals surface area contributed by atoms with Crippen molar-refractivity contribution in [3.8, 4) is 16.9 Å². The predicted molar refractivity (Wildman–Crippen MR) is 122 cm³/mol. The van der Waals surface area contributed by atoms with E-state index in [0.717, 1.165) is 22.4 Å². The van der Waals surface area contributed by atoms with Crippen molar-refractivity contribution in [2.45, 2.75) is 6.54 Å². The molecule has 0 aromatic heterocycles. The minimum absolute atomic E-state index is 0.118. The minimum atomic E-state index is -0.418. The SMILES string of the molecule is O=C(CNC(=O)NCc1ccc(Cl)cc1)NCCOc1ccccc1-c1ccccc1. The summed E-state index contributed by atoms with van der Waals surface area (Å²) in [6, 6.07) is 24.5. The molecule has 160 valence electrons. The molecule has 0 saturated heterocycles. The van der Waals surface area contributed by atoms with Crippen LogP contribution in [0.15, 0.2) is 78.9 Å². The van der Waals surface area contributed by atoms with Crippen LogP contribution < -0.4 is 20.7 Å². The number of carbonyl (C=O) groups is 2. The average molecular weight is 438 g/mol. The first-order chi connectivity index (χ1) is 15.1. The van der Waals surface area contributed by atoms with Gasteiger partial charge in [-0.05, 0) is 29.3 Å². The third kappa shape index (κ3) is 7.35. The summed E-state index contributed by atoms with van der Waals surface area (Å²) >= 11 is 5.83. The molecule has 0 saturated carbocycles. The maximum Gasteiger partial charge on any atom is 0.315 e. The number of ether oxygens (including phenoxy) is 1. The lowest BCUT2D eigenvalue weighted by atomic mass is 10.1. The number of hydrogen-bond acceptors (Lipinski definition) is 3. The highest BCUT2D eigenvalue weighted by Crippen LogP contribution is 2.29. The fraction of sp³-hybridized carbons (Fsp3) is 0.167. The van der Waals surface area contributed by atoms with Gasteiger partial charge in [0.15, 0.2) is 0 Å². The Hall–Kier alpha value is -3.51. The third-order valence-electron chi connectivity index (χ3n) is 4.43. The Morgan fingerprint density at radius 1 is 0.806 bits per heavy atom. The summed E-state index contributed by atoms with van der Waals surface area (Å²) < 4.78 is 5.84. The highest BCUT2D eigenvalue weighted by atomic mass is 35.5. The standard InChI is InChI=1S/C24H24ClN3O3/c25-20-12-10-18(11-13-20)16-27-24(30)28-17-23(29)26-14-15-31-22-9-5-4-8-21(22)19-6-2-1-3-7-19/h1-13H,14-17H2,(H,26,29)(H2,27,28,30). The largest absolute Gasteiger partial charge is 0.491 e. The third-order valence-corrected chi connectivity index (χ3v) is 4.68. The van der Waals surface area contributed by atoms with Gasteiger partial charge in [-0.1, -0.05) is 72.3 Å². The summed E-state index contributed by atoms with van der Waals surface area (Å²) in [5.74, 6) is 0.462. The number of halogens is 1. The molecule has 3 rings (SSSR count). The lowest BCUT2D eigenvalue weighted by molar-refractivity contribution is -0.120. The molecule has 6 nitrogen and oxygen atoms in total. The van der Waals surface area contributed by atoms with E-state index >= 15 is 0 Å². The van der Waals surface area contributed by atoms with Crippen LogP contribution >= 0.6 is 11.6 Å². The van der Waals surface area contributed by atoms with Crippen LogP contribution in [0, 0.1) is 0 Å². The molecule has 0 aliphatic carbocycles. The average Bonchev–Trinajstić information content (AvgIpc) is 2.81. The number of rotatable bonds is 9. The highest BCUT2D eigenvalue weighted by molar-refractivity contribution is 6.30. The molecule has 0 unspecified atom stereocenters. The van der Waals surface area contributed by atoms with Gasteiger partial charge in [0, 0.05) is 17.1 Å². The van der Waals surface area contributed by atoms with Gasteiger partial charge in [-0.2, -0.15) is 0 Å². The van der Waals surface area contributed by atoms with E-state index < -0.39 is 6.03 Å². The van der Waals surface area contributed by atoms with Crippen LogP contribution in [0.4, 0.5) is 4.79 Å². The van der Waals surface area contributed by atoms with Crippen LogP contribution in [0.3, 0.4) is 0 Å². The van der Waals surface area contributed by atoms with E-state index in [9.17, 15) is 9.59 Å². The van der Waals surface area contributed by atoms with Gasteiger partial charge in [-0.3, -0.25) is 4.79 Å². The van der Waals surface area contributed by atoms with Crippen molar-refractivity contribution in [1.82, 2.24) is 16.0 Å². The van der Waals surface area contributed by atoms with E-state index in [-0.39, 0.29) is 12.5 Å². The molecule has 0 radical (unpaired) electrons. The normalized spacial score (nSPS) is 10.2. The van der Waals surface area contributed by atoms with Gasteiger partial charge in [0.2, 0.25) is 5.91 Å². The molecule has 3 aromatic rings. The Balaban J connectivity index is 1.34. The topological polar surface area (TPSA) is 79.5 Å². The van der Waals surface area contributed by atoms with E-state index in [0.29, 0.717) is 24.7 Å². The maximum absolute atomic E-state index is 11.9. The molecule has 3 aromatic carbocycles. The van der Waals surface area contributed by atoms with E-state index in [1.165, 1.54) is 0 Å². The Morgan fingerprint density at radius 3 is 2.29 bits per heavy atom. The van der Waals surface area contributed by atoms with Crippen molar-refractivity contribution in [2.24, 2.45) is 0 Å². The second kappa shape index (κ2) is 11.6. The van der Waals surface area contributed by atoms with E-state index in [4.69, 9.17) is 16.3 Å². The quantitative estimate of drug-likeness (QED) is 0.443. The van der Waals surface area contributed by atoms with Gasteiger partial charge < -0.3 is 20.7 Å². The lowest BCUT2D eigenvalue weighted by Crippen LogP contribution is -2.42. The van der Waals surface area contributed by atoms with Gasteiger partial charge >= 0.3 is 6.03 Å². The fourth-order valence-electron chi connectivity index (χ4n) is 2.87. The predicted octanol–water partition coefficient (Wildman–Crippen LogP) is 4.00. The minimum Gasteiger partial charge on any atom is -0.491 e. The number of carbonyl (C=O) groups excluding carboxylic acids is 2. The van der Waals surface area contributed by atoms with Gasteiger partial charge in [-0.15, -0.1) is 0 Å². The second-order valence-electron chi connectivity index (χ2n) is 6.72. The molecule has 0 fully saturated rings. The first kappa shape index (κ1) is 22.2. The molecule has 7 heteroatoms. The molecule has 0 atom stereocenters. The lowest BCUT2D eigenvalue weighted by Gasteiger charge is -2.12. The van der Waals surface area contributed by atoms with Crippen molar-refractivity contribution in [3.63, 3.8) is 0 Å². The van der Waals surface area contributed by atoms with Gasteiger partial charge in [0.1, 0.15) is 12.4 Å². The molecule has 3 N–H and O–H groups in total. The van der Waals surface area contributed by atoms with Crippen molar-refractivity contribution < 1.29 is 14.3 Å². The Kier molecular flexibility index (Phi) is 8.31. The van der Waals surface area contributed by atoms with E-state index in [1.54, 1.807) is 12.1 Å². The summed E-state index contributed by atoms with van der Waals surface area (Å²) in [7, 11) is 0. The maximum atomic E-state index is 11.9. The summed E-state index contributed by atoms with van der Waals surface area (Å²) in [5.41, 5.74) is 2.97. The van der Waals surface area contributed by atoms with Crippen LogP contribution in [-0.2, 0) is 11.3 Å². The Bertz CT molecular complexity index is 994. The van der Waals surface area contributed by atoms with Crippen LogP contribution in [0.5, 0.6) is 5.75 Å². The van der Waals surface area contributed by atoms with E-state index in [2.05, 4.69) is 16.0 Å². The zero-order chi connectivity index (χ0) is 21.9. The van der Waals surface area contributed by atoms with Crippen molar-refractivity contribution in [1.29, 1.82) is 0 Å². The summed E-state index contributed by atoms with van der Waals surface area (Å²) in [4.78, 5) is 23.8. The molecule has 0 heterocycles. The molecule has 0 spiro atoms. The van der Waals surface area contributed by atoms with Crippen molar-refractivity contribution >= 4 is 23.5 Å². The monoisotopic (exact) mass is 437 g/mol. The zero-order valence-corrected chi connectivity index (χ0v) is 17.7. The summed E-state index contributed by atoms with van der Waals surface area (Å²) in [5, 5.41) is 8.57. The second-order valence-corrected chi connectivity index (χ2v) is 7.16. The number of nitrogens with one attached hydrogen (secondary N) is 3. The molecule has 31 heavy (non-hydrogen) atoms. The van der Waals surface area contributed by atoms with Crippen LogP contribution in [-0.4, -0.2) is 31.6 Å². The first-order valence-electron chi connectivity index (χ1n) is 9.92. The van der Waals surface area contributed by atoms with Gasteiger partial charge in [0.25, 0.3) is 0 Å². The smallest absolute Gasteiger partial charge is 0.315 e. The molecule has 0 aliphatic heterocycles. The molecule has 0 bridgehead atoms. The zero-order valence-electron chi connectivity index (χ0n) is 16.9. The van der Waals surface area contributed by atoms with Crippen LogP contribution in [0.2, 0.25) is 5.02 Å². The number of benzene rings is 3. The fourth-order valence-corrected chi connectivity index (χ4v) is 3.00. The number of urea groups is 1. The molecular weight excluding hydrogens is 414 g/mol. The number of para-hydroxylation sites is 1. The summed E-state index contributed by atoms with van der Waals surface area (Å²) in [6.07, 6.45) is 0. The van der Waals surface area contributed by atoms with Crippen molar-refractivity contribution in [3.05, 3.63) is 89.4 Å². The van der Waals surface area contributed by atoms with Gasteiger partial charge in [0.05, 0.1) is 13.1 Å². The molecule has 0 aliphatic rings. The molecular formula is C24H24ClN3O3. The first-order valence-corrected chi connectivity index (χ1v) is 10.3. The Labute approximate surface area is 186 Å². The number of amides is 3. The van der Waals surface area contributed by atoms with Gasteiger partial charge in [-0.25, -0.2) is 4.79 Å². The van der Waals surface area contributed by atoms with Crippen LogP contribution in [0.25, 0.3) is 11.1 Å². The number of hydrogen-bond donors (Lipinski definition) is 3. The summed E-state index contributed by atoms with van der Waals surface area (Å²) in [6.45, 7) is 0.876. The Morgan fingerprint density at radius 2 is 1.52 bits per heavy atom. The van der Waals surface area contributed by atoms with Crippen LogP contribution in [0.1, 0.15) is 5.56 Å². The highest BCUT2D eigenvalue weighted by Gasteiger charge is 2.07.